The Kier molecular flexibility index (Phi) is 4.93. The largest absolute Gasteiger partial charge is 0.342 e. The van der Waals surface area contributed by atoms with Gasteiger partial charge in [-0.15, -0.1) is 0 Å². The van der Waals surface area contributed by atoms with Crippen molar-refractivity contribution < 1.29 is 4.79 Å². The van der Waals surface area contributed by atoms with Crippen LogP contribution in [0.15, 0.2) is 67.0 Å². The number of hydrogen-bond acceptors (Lipinski definition) is 3. The molecule has 1 atom stereocenters. The SMILES string of the molecule is Cc1nc2ccccc2n1CCC(=O)NC(c1ccccc1)c1nccn1C. The van der Waals surface area contributed by atoms with Crippen molar-refractivity contribution in [3.63, 3.8) is 0 Å². The van der Waals surface area contributed by atoms with Gasteiger partial charge in [-0.2, -0.15) is 0 Å². The Balaban J connectivity index is 1.52. The Morgan fingerprint density at radius 2 is 1.86 bits per heavy atom. The van der Waals surface area contributed by atoms with Crippen LogP contribution in [0.4, 0.5) is 0 Å². The monoisotopic (exact) mass is 373 g/mol. The second kappa shape index (κ2) is 7.68. The first-order valence-corrected chi connectivity index (χ1v) is 9.37. The molecule has 6 heteroatoms. The molecule has 6 nitrogen and oxygen atoms in total. The van der Waals surface area contributed by atoms with E-state index in [0.717, 1.165) is 28.2 Å². The van der Waals surface area contributed by atoms with Gasteiger partial charge < -0.3 is 14.5 Å². The molecule has 1 amide bonds. The van der Waals surface area contributed by atoms with Gasteiger partial charge in [0.2, 0.25) is 5.91 Å². The van der Waals surface area contributed by atoms with E-state index in [4.69, 9.17) is 0 Å². The third-order valence-corrected chi connectivity index (χ3v) is 4.96. The first-order valence-electron chi connectivity index (χ1n) is 9.37. The van der Waals surface area contributed by atoms with Gasteiger partial charge in [-0.3, -0.25) is 4.79 Å². The van der Waals surface area contributed by atoms with E-state index in [1.807, 2.05) is 79.3 Å². The van der Waals surface area contributed by atoms with Crippen molar-refractivity contribution in [1.29, 1.82) is 0 Å². The number of carbonyl (C=O) groups is 1. The maximum absolute atomic E-state index is 12.8. The molecule has 4 rings (SSSR count). The van der Waals surface area contributed by atoms with Crippen LogP contribution in [0.5, 0.6) is 0 Å². The predicted molar refractivity (Wildman–Crippen MR) is 109 cm³/mol. The highest BCUT2D eigenvalue weighted by Gasteiger charge is 2.20. The van der Waals surface area contributed by atoms with Crippen molar-refractivity contribution in [3.8, 4) is 0 Å². The van der Waals surface area contributed by atoms with Crippen LogP contribution >= 0.6 is 0 Å². The summed E-state index contributed by atoms with van der Waals surface area (Å²) in [5.74, 6) is 1.70. The molecule has 1 unspecified atom stereocenters. The highest BCUT2D eigenvalue weighted by atomic mass is 16.1. The lowest BCUT2D eigenvalue weighted by molar-refractivity contribution is -0.121. The van der Waals surface area contributed by atoms with Crippen LogP contribution in [0, 0.1) is 6.92 Å². The number of carbonyl (C=O) groups excluding carboxylic acids is 1. The Hall–Kier alpha value is -3.41. The van der Waals surface area contributed by atoms with Gasteiger partial charge in [-0.1, -0.05) is 42.5 Å². The zero-order chi connectivity index (χ0) is 19.5. The number of para-hydroxylation sites is 2. The number of nitrogens with one attached hydrogen (secondary N) is 1. The molecule has 0 aliphatic heterocycles. The predicted octanol–water partition coefficient (Wildman–Crippen LogP) is 3.37. The van der Waals surface area contributed by atoms with Crippen molar-refractivity contribution in [2.75, 3.05) is 0 Å². The van der Waals surface area contributed by atoms with Crippen molar-refractivity contribution in [2.45, 2.75) is 25.9 Å². The Labute approximate surface area is 163 Å². The minimum Gasteiger partial charge on any atom is -0.342 e. The lowest BCUT2D eigenvalue weighted by atomic mass is 10.1. The number of benzene rings is 2. The topological polar surface area (TPSA) is 64.7 Å². The minimum absolute atomic E-state index is 0.0194. The number of rotatable bonds is 6. The maximum Gasteiger partial charge on any atom is 0.222 e. The molecule has 0 spiro atoms. The normalized spacial score (nSPS) is 12.2. The molecule has 28 heavy (non-hydrogen) atoms. The van der Waals surface area contributed by atoms with E-state index in [-0.39, 0.29) is 11.9 Å². The zero-order valence-corrected chi connectivity index (χ0v) is 16.0. The van der Waals surface area contributed by atoms with Crippen molar-refractivity contribution in [2.24, 2.45) is 7.05 Å². The molecular formula is C22H23N5O. The second-order valence-corrected chi connectivity index (χ2v) is 6.86. The quantitative estimate of drug-likeness (QED) is 0.564. The Bertz CT molecular complexity index is 1100. The molecular weight excluding hydrogens is 350 g/mol. The molecule has 0 aliphatic carbocycles. The van der Waals surface area contributed by atoms with Crippen LogP contribution in [0.2, 0.25) is 0 Å². The summed E-state index contributed by atoms with van der Waals surface area (Å²) >= 11 is 0. The summed E-state index contributed by atoms with van der Waals surface area (Å²) in [5, 5.41) is 3.15. The Morgan fingerprint density at radius 3 is 2.61 bits per heavy atom. The first-order chi connectivity index (χ1) is 13.6. The van der Waals surface area contributed by atoms with Gasteiger partial charge in [-0.25, -0.2) is 9.97 Å². The van der Waals surface area contributed by atoms with E-state index in [1.54, 1.807) is 6.20 Å². The van der Waals surface area contributed by atoms with Crippen molar-refractivity contribution in [3.05, 3.63) is 84.2 Å². The number of aromatic nitrogens is 4. The van der Waals surface area contributed by atoms with Crippen LogP contribution in [-0.2, 0) is 18.4 Å². The average Bonchev–Trinajstić information content (AvgIpc) is 3.27. The molecule has 0 saturated carbocycles. The standard InChI is InChI=1S/C22H23N5O/c1-16-24-18-10-6-7-11-19(18)27(16)14-12-20(28)25-21(17-8-4-3-5-9-17)22-23-13-15-26(22)2/h3-11,13,15,21H,12,14H2,1-2H3,(H,25,28). The van der Waals surface area contributed by atoms with Crippen molar-refractivity contribution >= 4 is 16.9 Å². The molecule has 0 saturated heterocycles. The fourth-order valence-electron chi connectivity index (χ4n) is 3.52. The van der Waals surface area contributed by atoms with Gasteiger partial charge >= 0.3 is 0 Å². The van der Waals surface area contributed by atoms with Gasteiger partial charge in [0.25, 0.3) is 0 Å². The number of hydrogen-bond donors (Lipinski definition) is 1. The van der Waals surface area contributed by atoms with E-state index in [2.05, 4.69) is 19.9 Å². The molecule has 0 aliphatic rings. The van der Waals surface area contributed by atoms with Crippen LogP contribution in [0.1, 0.15) is 29.7 Å². The first kappa shape index (κ1) is 18.0. The summed E-state index contributed by atoms with van der Waals surface area (Å²) in [6, 6.07) is 17.6. The molecule has 2 heterocycles. The molecule has 2 aromatic heterocycles. The lowest BCUT2D eigenvalue weighted by Gasteiger charge is -2.19. The smallest absolute Gasteiger partial charge is 0.222 e. The lowest BCUT2D eigenvalue weighted by Crippen LogP contribution is -2.31. The van der Waals surface area contributed by atoms with E-state index >= 15 is 0 Å². The van der Waals surface area contributed by atoms with Crippen molar-refractivity contribution in [1.82, 2.24) is 24.4 Å². The highest BCUT2D eigenvalue weighted by molar-refractivity contribution is 5.78. The number of fused-ring (bicyclic) bond motifs is 1. The molecule has 0 bridgehead atoms. The number of amides is 1. The van der Waals surface area contributed by atoms with Gasteiger partial charge in [0.05, 0.1) is 11.0 Å². The second-order valence-electron chi connectivity index (χ2n) is 6.86. The summed E-state index contributed by atoms with van der Waals surface area (Å²) in [5.41, 5.74) is 3.02. The van der Waals surface area contributed by atoms with E-state index in [9.17, 15) is 4.79 Å². The highest BCUT2D eigenvalue weighted by Crippen LogP contribution is 2.21. The summed E-state index contributed by atoms with van der Waals surface area (Å²) in [6.07, 6.45) is 4.01. The van der Waals surface area contributed by atoms with Gasteiger partial charge in [-0.05, 0) is 24.6 Å². The molecule has 0 radical (unpaired) electrons. The maximum atomic E-state index is 12.8. The van der Waals surface area contributed by atoms with Gasteiger partial charge in [0.15, 0.2) is 0 Å². The fraction of sp³-hybridized carbons (Fsp3) is 0.227. The third-order valence-electron chi connectivity index (χ3n) is 4.96. The van der Waals surface area contributed by atoms with E-state index < -0.39 is 0 Å². The van der Waals surface area contributed by atoms with E-state index in [1.165, 1.54) is 0 Å². The fourth-order valence-corrected chi connectivity index (χ4v) is 3.52. The van der Waals surface area contributed by atoms with Crippen LogP contribution in [-0.4, -0.2) is 25.0 Å². The summed E-state index contributed by atoms with van der Waals surface area (Å²) in [6.45, 7) is 2.55. The van der Waals surface area contributed by atoms with E-state index in [0.29, 0.717) is 13.0 Å². The van der Waals surface area contributed by atoms with Crippen LogP contribution in [0.25, 0.3) is 11.0 Å². The molecule has 1 N–H and O–H groups in total. The number of nitrogens with zero attached hydrogens (tertiary/aromatic N) is 4. The van der Waals surface area contributed by atoms with Crippen LogP contribution < -0.4 is 5.32 Å². The zero-order valence-electron chi connectivity index (χ0n) is 16.0. The Morgan fingerprint density at radius 1 is 1.11 bits per heavy atom. The average molecular weight is 373 g/mol. The molecule has 4 aromatic rings. The van der Waals surface area contributed by atoms with Gasteiger partial charge in [0.1, 0.15) is 17.7 Å². The minimum atomic E-state index is -0.283. The van der Waals surface area contributed by atoms with Gasteiger partial charge in [0, 0.05) is 32.4 Å². The summed E-state index contributed by atoms with van der Waals surface area (Å²) < 4.78 is 4.03. The third kappa shape index (κ3) is 3.53. The number of aryl methyl sites for hydroxylation is 3. The molecule has 0 fully saturated rings. The molecule has 142 valence electrons. The van der Waals surface area contributed by atoms with Crippen LogP contribution in [0.3, 0.4) is 0 Å². The summed E-state index contributed by atoms with van der Waals surface area (Å²) in [7, 11) is 1.94. The summed E-state index contributed by atoms with van der Waals surface area (Å²) in [4.78, 5) is 21.8. The molecule has 2 aromatic carbocycles. The number of imidazole rings is 2.